The first-order valence-electron chi connectivity index (χ1n) is 7.14. The normalized spacial score (nSPS) is 11.0. The zero-order valence-electron chi connectivity index (χ0n) is 11.8. The van der Waals surface area contributed by atoms with Crippen LogP contribution in [-0.2, 0) is 0 Å². The molecule has 0 radical (unpaired) electrons. The minimum atomic E-state index is 0.927. The Kier molecular flexibility index (Phi) is 3.47. The van der Waals surface area contributed by atoms with Crippen LogP contribution in [0.2, 0.25) is 0 Å². The standard InChI is InChI=1S/C20H13IO/c21-19-9-5-4-8-16(19)18-13-22-20-12-15(10-11-17(18)20)14-6-2-1-3-7-14/h1-13H. The van der Waals surface area contributed by atoms with E-state index in [0.29, 0.717) is 0 Å². The Hall–Kier alpha value is -2.07. The molecule has 106 valence electrons. The Morgan fingerprint density at radius 1 is 0.682 bits per heavy atom. The molecule has 1 nitrogen and oxygen atoms in total. The van der Waals surface area contributed by atoms with Crippen molar-refractivity contribution in [2.45, 2.75) is 0 Å². The lowest BCUT2D eigenvalue weighted by Gasteiger charge is -2.03. The molecule has 0 fully saturated rings. The minimum Gasteiger partial charge on any atom is -0.464 e. The van der Waals surface area contributed by atoms with Crippen molar-refractivity contribution in [3.63, 3.8) is 0 Å². The molecule has 0 aliphatic rings. The number of furan rings is 1. The molecule has 4 rings (SSSR count). The number of hydrogen-bond acceptors (Lipinski definition) is 1. The minimum absolute atomic E-state index is 0.927. The van der Waals surface area contributed by atoms with Crippen molar-refractivity contribution in [1.82, 2.24) is 0 Å². The molecule has 1 heterocycles. The van der Waals surface area contributed by atoms with Crippen molar-refractivity contribution >= 4 is 33.6 Å². The molecule has 0 aliphatic heterocycles. The highest BCUT2D eigenvalue weighted by atomic mass is 127. The van der Waals surface area contributed by atoms with E-state index in [-0.39, 0.29) is 0 Å². The van der Waals surface area contributed by atoms with Gasteiger partial charge < -0.3 is 4.42 Å². The third kappa shape index (κ3) is 2.33. The molecule has 3 aromatic carbocycles. The quantitative estimate of drug-likeness (QED) is 0.359. The van der Waals surface area contributed by atoms with Crippen LogP contribution in [0.3, 0.4) is 0 Å². The third-order valence-corrected chi connectivity index (χ3v) is 4.79. The Morgan fingerprint density at radius 2 is 1.45 bits per heavy atom. The molecule has 0 saturated heterocycles. The maximum atomic E-state index is 5.82. The zero-order chi connectivity index (χ0) is 14.9. The topological polar surface area (TPSA) is 13.1 Å². The van der Waals surface area contributed by atoms with Crippen molar-refractivity contribution < 1.29 is 4.42 Å². The average Bonchev–Trinajstić information content (AvgIpc) is 2.99. The Morgan fingerprint density at radius 3 is 2.27 bits per heavy atom. The first-order valence-corrected chi connectivity index (χ1v) is 8.22. The summed E-state index contributed by atoms with van der Waals surface area (Å²) in [5.41, 5.74) is 5.68. The van der Waals surface area contributed by atoms with Gasteiger partial charge in [0, 0.05) is 14.5 Å². The van der Waals surface area contributed by atoms with Gasteiger partial charge in [-0.05, 0) is 57.5 Å². The van der Waals surface area contributed by atoms with Gasteiger partial charge >= 0.3 is 0 Å². The third-order valence-electron chi connectivity index (χ3n) is 3.85. The number of fused-ring (bicyclic) bond motifs is 1. The van der Waals surface area contributed by atoms with Crippen molar-refractivity contribution in [2.24, 2.45) is 0 Å². The molecule has 22 heavy (non-hydrogen) atoms. The van der Waals surface area contributed by atoms with E-state index in [0.717, 1.165) is 16.5 Å². The number of hydrogen-bond donors (Lipinski definition) is 0. The summed E-state index contributed by atoms with van der Waals surface area (Å²) in [6.07, 6.45) is 1.86. The van der Waals surface area contributed by atoms with Crippen LogP contribution in [0.25, 0.3) is 33.2 Å². The van der Waals surface area contributed by atoms with Gasteiger partial charge in [-0.1, -0.05) is 54.6 Å². The highest BCUT2D eigenvalue weighted by molar-refractivity contribution is 14.1. The summed E-state index contributed by atoms with van der Waals surface area (Å²) in [5.74, 6) is 0. The lowest BCUT2D eigenvalue weighted by molar-refractivity contribution is 0.617. The van der Waals surface area contributed by atoms with E-state index in [1.165, 1.54) is 20.3 Å². The monoisotopic (exact) mass is 396 g/mol. The predicted molar refractivity (Wildman–Crippen MR) is 99.8 cm³/mol. The van der Waals surface area contributed by atoms with E-state index in [1.54, 1.807) is 0 Å². The highest BCUT2D eigenvalue weighted by Crippen LogP contribution is 2.35. The first-order chi connectivity index (χ1) is 10.8. The van der Waals surface area contributed by atoms with E-state index < -0.39 is 0 Å². The molecule has 0 spiro atoms. The van der Waals surface area contributed by atoms with E-state index in [1.807, 2.05) is 12.3 Å². The van der Waals surface area contributed by atoms with Crippen LogP contribution in [0.5, 0.6) is 0 Å². The molecular weight excluding hydrogens is 383 g/mol. The SMILES string of the molecule is Ic1ccccc1-c1coc2cc(-c3ccccc3)ccc12. The molecule has 0 saturated carbocycles. The molecule has 0 amide bonds. The van der Waals surface area contributed by atoms with Gasteiger partial charge in [0.1, 0.15) is 5.58 Å². The second-order valence-corrected chi connectivity index (χ2v) is 6.37. The van der Waals surface area contributed by atoms with Crippen molar-refractivity contribution in [2.75, 3.05) is 0 Å². The lowest BCUT2D eigenvalue weighted by atomic mass is 10.0. The van der Waals surface area contributed by atoms with Gasteiger partial charge in [-0.15, -0.1) is 0 Å². The molecule has 0 unspecified atom stereocenters. The van der Waals surface area contributed by atoms with Crippen LogP contribution in [0, 0.1) is 3.57 Å². The van der Waals surface area contributed by atoms with Crippen molar-refractivity contribution in [3.8, 4) is 22.3 Å². The smallest absolute Gasteiger partial charge is 0.135 e. The fraction of sp³-hybridized carbons (Fsp3) is 0. The molecule has 1 aromatic heterocycles. The van der Waals surface area contributed by atoms with Crippen LogP contribution in [0.1, 0.15) is 0 Å². The summed E-state index contributed by atoms with van der Waals surface area (Å²) in [6, 6.07) is 25.2. The van der Waals surface area contributed by atoms with Gasteiger partial charge in [0.05, 0.1) is 6.26 Å². The zero-order valence-corrected chi connectivity index (χ0v) is 13.9. The largest absolute Gasteiger partial charge is 0.464 e. The van der Waals surface area contributed by atoms with Crippen molar-refractivity contribution in [3.05, 3.63) is 82.6 Å². The Balaban J connectivity index is 1.87. The van der Waals surface area contributed by atoms with Gasteiger partial charge in [0.15, 0.2) is 0 Å². The van der Waals surface area contributed by atoms with Gasteiger partial charge in [-0.25, -0.2) is 0 Å². The number of halogens is 1. The second-order valence-electron chi connectivity index (χ2n) is 5.21. The first kappa shape index (κ1) is 13.6. The molecule has 0 bridgehead atoms. The highest BCUT2D eigenvalue weighted by Gasteiger charge is 2.11. The van der Waals surface area contributed by atoms with Gasteiger partial charge in [0.25, 0.3) is 0 Å². The number of benzene rings is 3. The Labute approximate surface area is 142 Å². The van der Waals surface area contributed by atoms with Crippen LogP contribution in [0.15, 0.2) is 83.5 Å². The summed E-state index contributed by atoms with van der Waals surface area (Å²) >= 11 is 2.37. The molecule has 4 aromatic rings. The molecule has 0 atom stereocenters. The molecule has 2 heteroatoms. The van der Waals surface area contributed by atoms with E-state index in [4.69, 9.17) is 4.42 Å². The predicted octanol–water partition coefficient (Wildman–Crippen LogP) is 6.37. The van der Waals surface area contributed by atoms with Crippen molar-refractivity contribution in [1.29, 1.82) is 0 Å². The van der Waals surface area contributed by atoms with Gasteiger partial charge in [-0.3, -0.25) is 0 Å². The summed E-state index contributed by atoms with van der Waals surface area (Å²) in [5, 5.41) is 1.16. The van der Waals surface area contributed by atoms with Gasteiger partial charge in [0.2, 0.25) is 0 Å². The summed E-state index contributed by atoms with van der Waals surface area (Å²) in [6.45, 7) is 0. The number of rotatable bonds is 2. The van der Waals surface area contributed by atoms with E-state index in [9.17, 15) is 0 Å². The maximum absolute atomic E-state index is 5.82. The fourth-order valence-electron chi connectivity index (χ4n) is 2.73. The fourth-order valence-corrected chi connectivity index (χ4v) is 3.40. The summed E-state index contributed by atoms with van der Waals surface area (Å²) in [4.78, 5) is 0. The second kappa shape index (κ2) is 5.61. The summed E-state index contributed by atoms with van der Waals surface area (Å²) in [7, 11) is 0. The molecule has 0 aliphatic carbocycles. The molecular formula is C20H13IO. The Bertz CT molecular complexity index is 938. The van der Waals surface area contributed by atoms with Crippen LogP contribution in [0.4, 0.5) is 0 Å². The lowest BCUT2D eigenvalue weighted by Crippen LogP contribution is -1.81. The van der Waals surface area contributed by atoms with E-state index >= 15 is 0 Å². The van der Waals surface area contributed by atoms with E-state index in [2.05, 4.69) is 89.3 Å². The van der Waals surface area contributed by atoms with Crippen LogP contribution >= 0.6 is 22.6 Å². The molecule has 0 N–H and O–H groups in total. The maximum Gasteiger partial charge on any atom is 0.135 e. The van der Waals surface area contributed by atoms with Crippen LogP contribution in [-0.4, -0.2) is 0 Å². The summed E-state index contributed by atoms with van der Waals surface area (Å²) < 4.78 is 7.05. The average molecular weight is 396 g/mol. The van der Waals surface area contributed by atoms with Crippen LogP contribution < -0.4 is 0 Å². The van der Waals surface area contributed by atoms with Gasteiger partial charge in [-0.2, -0.15) is 0 Å².